The molecule has 1 aliphatic heterocycles. The van der Waals surface area contributed by atoms with Gasteiger partial charge in [-0.15, -0.1) is 0 Å². The van der Waals surface area contributed by atoms with E-state index < -0.39 is 0 Å². The van der Waals surface area contributed by atoms with Crippen molar-refractivity contribution in [2.45, 2.75) is 57.0 Å². The minimum atomic E-state index is 0.372. The fraction of sp³-hybridized carbons (Fsp3) is 1.00. The predicted molar refractivity (Wildman–Crippen MR) is 53.7 cm³/mol. The molecule has 0 radical (unpaired) electrons. The topological polar surface area (TPSA) is 23.5 Å². The maximum absolute atomic E-state index is 9.12. The average molecular weight is 183 g/mol. The number of rotatable bonds is 2. The molecule has 0 aromatic rings. The lowest BCUT2D eigenvalue weighted by Gasteiger charge is -2.45. The summed E-state index contributed by atoms with van der Waals surface area (Å²) in [6, 6.07) is 1.30. The van der Waals surface area contributed by atoms with Crippen LogP contribution in [0.25, 0.3) is 0 Å². The summed E-state index contributed by atoms with van der Waals surface area (Å²) in [6.07, 6.45) is 9.61. The third-order valence-corrected chi connectivity index (χ3v) is 3.69. The zero-order valence-corrected chi connectivity index (χ0v) is 8.41. The molecule has 0 aromatic heterocycles. The van der Waals surface area contributed by atoms with Crippen molar-refractivity contribution >= 4 is 0 Å². The van der Waals surface area contributed by atoms with E-state index >= 15 is 0 Å². The Bertz CT molecular complexity index is 150. The van der Waals surface area contributed by atoms with Crippen molar-refractivity contribution in [3.63, 3.8) is 0 Å². The third-order valence-electron chi connectivity index (χ3n) is 3.69. The van der Waals surface area contributed by atoms with E-state index in [-0.39, 0.29) is 0 Å². The summed E-state index contributed by atoms with van der Waals surface area (Å²) in [6.45, 7) is 1.60. The van der Waals surface area contributed by atoms with Crippen molar-refractivity contribution in [3.05, 3.63) is 0 Å². The van der Waals surface area contributed by atoms with Crippen molar-refractivity contribution in [2.75, 3.05) is 13.2 Å². The lowest BCUT2D eigenvalue weighted by Crippen LogP contribution is -2.54. The smallest absolute Gasteiger partial charge is 0.0587 e. The Labute approximate surface area is 80.9 Å². The van der Waals surface area contributed by atoms with Gasteiger partial charge in [-0.1, -0.05) is 25.7 Å². The van der Waals surface area contributed by atoms with Crippen LogP contribution < -0.4 is 0 Å². The maximum Gasteiger partial charge on any atom is 0.0587 e. The van der Waals surface area contributed by atoms with Gasteiger partial charge in [0.15, 0.2) is 0 Å². The SMILES string of the molecule is OCC1CCN1C1CCCCCC1. The van der Waals surface area contributed by atoms with Gasteiger partial charge in [-0.2, -0.15) is 0 Å². The number of aliphatic hydroxyl groups excluding tert-OH is 1. The highest BCUT2D eigenvalue weighted by Gasteiger charge is 2.32. The van der Waals surface area contributed by atoms with E-state index in [1.807, 2.05) is 0 Å². The summed E-state index contributed by atoms with van der Waals surface area (Å²) < 4.78 is 0. The van der Waals surface area contributed by atoms with Crippen LogP contribution >= 0.6 is 0 Å². The van der Waals surface area contributed by atoms with Crippen molar-refractivity contribution in [1.82, 2.24) is 4.90 Å². The van der Waals surface area contributed by atoms with Gasteiger partial charge >= 0.3 is 0 Å². The molecule has 2 fully saturated rings. The van der Waals surface area contributed by atoms with Crippen molar-refractivity contribution in [1.29, 1.82) is 0 Å². The first-order valence-corrected chi connectivity index (χ1v) is 5.78. The predicted octanol–water partition coefficient (Wildman–Crippen LogP) is 1.78. The Balaban J connectivity index is 1.84. The number of likely N-dealkylation sites (tertiary alicyclic amines) is 1. The monoisotopic (exact) mass is 183 g/mol. The molecule has 0 spiro atoms. The van der Waals surface area contributed by atoms with Crippen LogP contribution in [-0.4, -0.2) is 35.2 Å². The molecule has 1 saturated carbocycles. The van der Waals surface area contributed by atoms with Crippen LogP contribution in [0.4, 0.5) is 0 Å². The lowest BCUT2D eigenvalue weighted by atomic mass is 9.96. The van der Waals surface area contributed by atoms with Crippen molar-refractivity contribution in [2.24, 2.45) is 0 Å². The van der Waals surface area contributed by atoms with Crippen LogP contribution in [0.15, 0.2) is 0 Å². The number of hydrogen-bond acceptors (Lipinski definition) is 2. The van der Waals surface area contributed by atoms with Crippen LogP contribution in [0.1, 0.15) is 44.9 Å². The van der Waals surface area contributed by atoms with Gasteiger partial charge in [-0.25, -0.2) is 0 Å². The zero-order chi connectivity index (χ0) is 9.10. The van der Waals surface area contributed by atoms with Crippen LogP contribution in [-0.2, 0) is 0 Å². The van der Waals surface area contributed by atoms with Gasteiger partial charge < -0.3 is 5.11 Å². The van der Waals surface area contributed by atoms with Crippen molar-refractivity contribution in [3.8, 4) is 0 Å². The van der Waals surface area contributed by atoms with E-state index in [9.17, 15) is 0 Å². The molecule has 1 unspecified atom stereocenters. The Morgan fingerprint density at radius 2 is 1.69 bits per heavy atom. The zero-order valence-electron chi connectivity index (χ0n) is 8.41. The fourth-order valence-electron chi connectivity index (χ4n) is 2.73. The molecule has 13 heavy (non-hydrogen) atoms. The second-order valence-corrected chi connectivity index (χ2v) is 4.51. The molecule has 2 nitrogen and oxygen atoms in total. The van der Waals surface area contributed by atoms with Crippen LogP contribution in [0.3, 0.4) is 0 Å². The molecule has 1 atom stereocenters. The summed E-state index contributed by atoms with van der Waals surface area (Å²) in [5.41, 5.74) is 0. The van der Waals surface area contributed by atoms with E-state index in [4.69, 9.17) is 5.11 Å². The molecule has 1 heterocycles. The quantitative estimate of drug-likeness (QED) is 0.660. The minimum Gasteiger partial charge on any atom is -0.395 e. The van der Waals surface area contributed by atoms with E-state index in [2.05, 4.69) is 4.90 Å². The highest BCUT2D eigenvalue weighted by atomic mass is 16.3. The minimum absolute atomic E-state index is 0.372. The van der Waals surface area contributed by atoms with Gasteiger partial charge in [0.25, 0.3) is 0 Å². The van der Waals surface area contributed by atoms with Gasteiger partial charge in [-0.3, -0.25) is 4.90 Å². The Morgan fingerprint density at radius 1 is 1.00 bits per heavy atom. The van der Waals surface area contributed by atoms with Crippen LogP contribution in [0.2, 0.25) is 0 Å². The first-order chi connectivity index (χ1) is 6.42. The summed E-state index contributed by atoms with van der Waals surface area (Å²) in [7, 11) is 0. The molecular formula is C11H21NO. The fourth-order valence-corrected chi connectivity index (χ4v) is 2.73. The van der Waals surface area contributed by atoms with Gasteiger partial charge in [0.05, 0.1) is 6.61 Å². The standard InChI is InChI=1S/C11H21NO/c13-9-11-7-8-12(11)10-5-3-1-2-4-6-10/h10-11,13H,1-9H2. The van der Waals surface area contributed by atoms with Gasteiger partial charge in [0.2, 0.25) is 0 Å². The molecule has 1 N–H and O–H groups in total. The molecule has 0 bridgehead atoms. The lowest BCUT2D eigenvalue weighted by molar-refractivity contribution is 0.000240. The summed E-state index contributed by atoms with van der Waals surface area (Å²) in [4.78, 5) is 2.53. The van der Waals surface area contributed by atoms with Crippen LogP contribution in [0, 0.1) is 0 Å². The van der Waals surface area contributed by atoms with E-state index in [0.717, 1.165) is 6.04 Å². The molecule has 2 heteroatoms. The molecule has 0 amide bonds. The Kier molecular flexibility index (Phi) is 3.23. The van der Waals surface area contributed by atoms with Crippen LogP contribution in [0.5, 0.6) is 0 Å². The average Bonchev–Trinajstić information content (AvgIpc) is 2.32. The van der Waals surface area contributed by atoms with Gasteiger partial charge in [-0.05, 0) is 19.3 Å². The molecule has 1 saturated heterocycles. The number of nitrogens with zero attached hydrogens (tertiary/aromatic N) is 1. The molecule has 0 aromatic carbocycles. The Hall–Kier alpha value is -0.0800. The van der Waals surface area contributed by atoms with E-state index in [1.165, 1.54) is 51.5 Å². The summed E-state index contributed by atoms with van der Waals surface area (Å²) >= 11 is 0. The number of hydrogen-bond donors (Lipinski definition) is 1. The highest BCUT2D eigenvalue weighted by molar-refractivity contribution is 4.88. The number of aliphatic hydroxyl groups is 1. The van der Waals surface area contributed by atoms with Gasteiger partial charge in [0.1, 0.15) is 0 Å². The molecule has 2 aliphatic rings. The third kappa shape index (κ3) is 2.05. The summed E-state index contributed by atoms with van der Waals surface area (Å²) in [5, 5.41) is 9.12. The summed E-state index contributed by atoms with van der Waals surface area (Å²) in [5.74, 6) is 0. The van der Waals surface area contributed by atoms with Gasteiger partial charge in [0, 0.05) is 18.6 Å². The molecule has 2 rings (SSSR count). The second-order valence-electron chi connectivity index (χ2n) is 4.51. The van der Waals surface area contributed by atoms with E-state index in [1.54, 1.807) is 0 Å². The highest BCUT2D eigenvalue weighted by Crippen LogP contribution is 2.28. The normalized spacial score (nSPS) is 32.5. The Morgan fingerprint density at radius 3 is 2.15 bits per heavy atom. The van der Waals surface area contributed by atoms with E-state index in [0.29, 0.717) is 12.6 Å². The first kappa shape index (κ1) is 9.47. The largest absolute Gasteiger partial charge is 0.395 e. The van der Waals surface area contributed by atoms with Crippen molar-refractivity contribution < 1.29 is 5.11 Å². The maximum atomic E-state index is 9.12. The second kappa shape index (κ2) is 4.43. The molecular weight excluding hydrogens is 162 g/mol. The molecule has 76 valence electrons. The molecule has 1 aliphatic carbocycles. The first-order valence-electron chi connectivity index (χ1n) is 5.78.